The molecule has 0 saturated carbocycles. The van der Waals surface area contributed by atoms with Gasteiger partial charge in [0.2, 0.25) is 0 Å². The molecule has 1 aromatic rings. The number of benzene rings is 1. The third-order valence-electron chi connectivity index (χ3n) is 3.28. The Hall–Kier alpha value is -1.09. The van der Waals surface area contributed by atoms with Crippen LogP contribution in [-0.4, -0.2) is 0 Å². The van der Waals surface area contributed by atoms with Crippen molar-refractivity contribution in [2.24, 2.45) is 0 Å². The Labute approximate surface area is 150 Å². The Morgan fingerprint density at radius 2 is 1.73 bits per heavy atom. The molecule has 1 nitrogen and oxygen atoms in total. The van der Waals surface area contributed by atoms with E-state index >= 15 is 0 Å². The van der Waals surface area contributed by atoms with Crippen LogP contribution >= 0.6 is 28.3 Å². The van der Waals surface area contributed by atoms with Gasteiger partial charge in [0.25, 0.3) is 0 Å². The molecular formula is C19H25BrClN. The molecule has 3 heteroatoms. The molecule has 0 radical (unpaired) electrons. The van der Waals surface area contributed by atoms with Gasteiger partial charge in [-0.25, -0.2) is 0 Å². The molecule has 0 heterocycles. The molecule has 0 aliphatic rings. The maximum absolute atomic E-state index is 5.97. The lowest BCUT2D eigenvalue weighted by Crippen LogP contribution is -1.92. The van der Waals surface area contributed by atoms with Crippen LogP contribution in [0.15, 0.2) is 16.6 Å². The highest BCUT2D eigenvalue weighted by Gasteiger charge is 2.01. The van der Waals surface area contributed by atoms with Crippen molar-refractivity contribution in [3.8, 4) is 23.7 Å². The summed E-state index contributed by atoms with van der Waals surface area (Å²) in [4.78, 5) is 0. The molecule has 0 bridgehead atoms. The standard InChI is InChI=1S/C19H24BrN.ClH/c1-3-4-5-6-7-8-9-10-11-12-13-17-14-16(2)15-18(20)19(17)21;/h14-15H,3-9,21H2,1-2H3;1H. The van der Waals surface area contributed by atoms with Gasteiger partial charge >= 0.3 is 0 Å². The van der Waals surface area contributed by atoms with Crippen molar-refractivity contribution in [2.75, 3.05) is 5.73 Å². The number of nitrogens with two attached hydrogens (primary N) is 1. The second-order valence-electron chi connectivity index (χ2n) is 5.28. The maximum Gasteiger partial charge on any atom is 0.0618 e. The van der Waals surface area contributed by atoms with Crippen LogP contribution in [0.1, 0.15) is 63.0 Å². The number of nitrogen functional groups attached to an aromatic ring is 1. The van der Waals surface area contributed by atoms with Crippen LogP contribution < -0.4 is 5.73 Å². The molecule has 0 aliphatic carbocycles. The lowest BCUT2D eigenvalue weighted by Gasteiger charge is -2.02. The second kappa shape index (κ2) is 12.5. The van der Waals surface area contributed by atoms with Crippen molar-refractivity contribution in [1.29, 1.82) is 0 Å². The van der Waals surface area contributed by atoms with E-state index in [4.69, 9.17) is 5.73 Å². The van der Waals surface area contributed by atoms with Crippen molar-refractivity contribution >= 4 is 34.0 Å². The van der Waals surface area contributed by atoms with E-state index in [1.807, 2.05) is 19.1 Å². The second-order valence-corrected chi connectivity index (χ2v) is 6.13. The molecule has 0 unspecified atom stereocenters. The smallest absolute Gasteiger partial charge is 0.0618 e. The highest BCUT2D eigenvalue weighted by molar-refractivity contribution is 9.10. The van der Waals surface area contributed by atoms with Gasteiger partial charge < -0.3 is 5.73 Å². The number of rotatable bonds is 6. The number of hydrogen-bond donors (Lipinski definition) is 1. The minimum atomic E-state index is 0. The monoisotopic (exact) mass is 381 g/mol. The Morgan fingerprint density at radius 3 is 2.45 bits per heavy atom. The van der Waals surface area contributed by atoms with E-state index in [1.54, 1.807) is 0 Å². The summed E-state index contributed by atoms with van der Waals surface area (Å²) in [7, 11) is 0. The molecule has 0 fully saturated rings. The average molecular weight is 383 g/mol. The van der Waals surface area contributed by atoms with Gasteiger partial charge in [0.15, 0.2) is 0 Å². The first kappa shape index (κ1) is 20.9. The summed E-state index contributed by atoms with van der Waals surface area (Å²) in [6.07, 6.45) is 8.72. The number of halogens is 2. The minimum Gasteiger partial charge on any atom is -0.397 e. The quantitative estimate of drug-likeness (QED) is 0.372. The van der Waals surface area contributed by atoms with Crippen LogP contribution in [-0.2, 0) is 0 Å². The van der Waals surface area contributed by atoms with Gasteiger partial charge in [-0.05, 0) is 58.8 Å². The van der Waals surface area contributed by atoms with Gasteiger partial charge in [0.1, 0.15) is 0 Å². The summed E-state index contributed by atoms with van der Waals surface area (Å²) in [5.41, 5.74) is 8.64. The highest BCUT2D eigenvalue weighted by atomic mass is 79.9. The van der Waals surface area contributed by atoms with E-state index in [0.717, 1.165) is 22.0 Å². The van der Waals surface area contributed by atoms with Gasteiger partial charge in [-0.1, -0.05) is 50.9 Å². The van der Waals surface area contributed by atoms with E-state index in [-0.39, 0.29) is 12.4 Å². The summed E-state index contributed by atoms with van der Waals surface area (Å²) >= 11 is 3.44. The van der Waals surface area contributed by atoms with E-state index in [9.17, 15) is 0 Å². The number of unbranched alkanes of at least 4 members (excludes halogenated alkanes) is 6. The van der Waals surface area contributed by atoms with Crippen LogP contribution in [0.3, 0.4) is 0 Å². The zero-order valence-electron chi connectivity index (χ0n) is 13.5. The predicted octanol–water partition coefficient (Wildman–Crippen LogP) is 5.87. The first-order valence-electron chi connectivity index (χ1n) is 7.69. The third-order valence-corrected chi connectivity index (χ3v) is 3.93. The molecule has 0 spiro atoms. The van der Waals surface area contributed by atoms with Crippen LogP contribution in [0, 0.1) is 30.6 Å². The van der Waals surface area contributed by atoms with Crippen molar-refractivity contribution in [3.63, 3.8) is 0 Å². The Kier molecular flexibility index (Phi) is 11.8. The molecule has 1 rings (SSSR count). The average Bonchev–Trinajstić information content (AvgIpc) is 2.45. The van der Waals surface area contributed by atoms with E-state index in [2.05, 4.69) is 46.5 Å². The predicted molar refractivity (Wildman–Crippen MR) is 103 cm³/mol. The Bertz CT molecular complexity index is 573. The van der Waals surface area contributed by atoms with Crippen molar-refractivity contribution in [2.45, 2.75) is 58.8 Å². The van der Waals surface area contributed by atoms with Gasteiger partial charge in [-0.2, -0.15) is 0 Å². The van der Waals surface area contributed by atoms with Crippen molar-refractivity contribution in [1.82, 2.24) is 0 Å². The van der Waals surface area contributed by atoms with Crippen LogP contribution in [0.25, 0.3) is 0 Å². The molecule has 22 heavy (non-hydrogen) atoms. The largest absolute Gasteiger partial charge is 0.397 e. The third kappa shape index (κ3) is 8.38. The Balaban J connectivity index is 0.00000441. The van der Waals surface area contributed by atoms with Crippen LogP contribution in [0.2, 0.25) is 0 Å². The molecule has 0 amide bonds. The van der Waals surface area contributed by atoms with Gasteiger partial charge in [0, 0.05) is 16.5 Å². The maximum atomic E-state index is 5.97. The lowest BCUT2D eigenvalue weighted by atomic mass is 10.1. The van der Waals surface area contributed by atoms with Crippen molar-refractivity contribution in [3.05, 3.63) is 27.7 Å². The number of anilines is 1. The number of hydrogen-bond acceptors (Lipinski definition) is 1. The van der Waals surface area contributed by atoms with E-state index in [0.29, 0.717) is 5.69 Å². The fourth-order valence-electron chi connectivity index (χ4n) is 2.06. The fourth-order valence-corrected chi connectivity index (χ4v) is 2.63. The van der Waals surface area contributed by atoms with Gasteiger partial charge in [-0.15, -0.1) is 12.4 Å². The normalized spacial score (nSPS) is 9.05. The summed E-state index contributed by atoms with van der Waals surface area (Å²) in [5, 5.41) is 0. The first-order valence-corrected chi connectivity index (χ1v) is 8.49. The topological polar surface area (TPSA) is 26.0 Å². The first-order chi connectivity index (χ1) is 10.1. The van der Waals surface area contributed by atoms with Crippen molar-refractivity contribution < 1.29 is 0 Å². The summed E-state index contributed by atoms with van der Waals surface area (Å²) in [5.74, 6) is 12.0. The van der Waals surface area contributed by atoms with E-state index in [1.165, 1.54) is 38.5 Å². The molecule has 0 atom stereocenters. The van der Waals surface area contributed by atoms with Crippen LogP contribution in [0.5, 0.6) is 0 Å². The SMILES string of the molecule is CCCCCCCCC#CC#Cc1cc(C)cc(Br)c1N.Cl. The van der Waals surface area contributed by atoms with Gasteiger partial charge in [-0.3, -0.25) is 0 Å². The molecule has 0 aromatic heterocycles. The fraction of sp³-hybridized carbons (Fsp3) is 0.474. The molecule has 120 valence electrons. The zero-order valence-corrected chi connectivity index (χ0v) is 15.9. The molecule has 0 aliphatic heterocycles. The minimum absolute atomic E-state index is 0. The zero-order chi connectivity index (χ0) is 15.5. The summed E-state index contributed by atoms with van der Waals surface area (Å²) in [6, 6.07) is 3.98. The van der Waals surface area contributed by atoms with Gasteiger partial charge in [0.05, 0.1) is 5.69 Å². The molecule has 2 N–H and O–H groups in total. The molecular weight excluding hydrogens is 358 g/mol. The summed E-state index contributed by atoms with van der Waals surface area (Å²) < 4.78 is 0.895. The highest BCUT2D eigenvalue weighted by Crippen LogP contribution is 2.24. The molecule has 1 aromatic carbocycles. The molecule has 0 saturated heterocycles. The summed E-state index contributed by atoms with van der Waals surface area (Å²) in [6.45, 7) is 4.27. The van der Waals surface area contributed by atoms with Crippen LogP contribution in [0.4, 0.5) is 5.69 Å². The van der Waals surface area contributed by atoms with E-state index < -0.39 is 0 Å². The lowest BCUT2D eigenvalue weighted by molar-refractivity contribution is 0.614. The Morgan fingerprint density at radius 1 is 1.05 bits per heavy atom. The number of aryl methyl sites for hydroxylation is 1.